The summed E-state index contributed by atoms with van der Waals surface area (Å²) in [6.07, 6.45) is -2.67. The Morgan fingerprint density at radius 3 is 2.32 bits per heavy atom. The topological polar surface area (TPSA) is 20.3 Å². The zero-order valence-electron chi connectivity index (χ0n) is 13.3. The molecular weight excluding hydrogens is 351 g/mol. The molecule has 2 nitrogen and oxygen atoms in total. The second kappa shape index (κ2) is 7.08. The lowest BCUT2D eigenvalue weighted by atomic mass is 10.0. The molecule has 3 rings (SSSR count). The monoisotopic (exact) mass is 367 g/mol. The molecule has 1 aliphatic rings. The number of likely N-dealkylation sites (tertiary alicyclic amines) is 1. The minimum Gasteiger partial charge on any atom is -0.334 e. The van der Waals surface area contributed by atoms with E-state index in [1.165, 1.54) is 12.1 Å². The van der Waals surface area contributed by atoms with Crippen molar-refractivity contribution in [3.63, 3.8) is 0 Å². The van der Waals surface area contributed by atoms with Gasteiger partial charge in [0.15, 0.2) is 0 Å². The molecule has 1 heterocycles. The molecule has 2 atom stereocenters. The summed E-state index contributed by atoms with van der Waals surface area (Å²) in [6.45, 7) is 0.599. The second-order valence-corrected chi connectivity index (χ2v) is 6.52. The molecule has 1 amide bonds. The molecule has 1 fully saturated rings. The first-order chi connectivity index (χ1) is 11.9. The summed E-state index contributed by atoms with van der Waals surface area (Å²) < 4.78 is 38.0. The van der Waals surface area contributed by atoms with Gasteiger partial charge in [0, 0.05) is 6.54 Å². The first-order valence-corrected chi connectivity index (χ1v) is 8.48. The van der Waals surface area contributed by atoms with Gasteiger partial charge < -0.3 is 4.90 Å². The number of rotatable bonds is 3. The zero-order valence-corrected chi connectivity index (χ0v) is 14.1. The normalized spacial score (nSPS) is 19.0. The Morgan fingerprint density at radius 1 is 1.08 bits per heavy atom. The predicted octanol–water partition coefficient (Wildman–Crippen LogP) is 5.35. The fourth-order valence-corrected chi connectivity index (χ4v) is 3.45. The van der Waals surface area contributed by atoms with Gasteiger partial charge in [-0.1, -0.05) is 42.5 Å². The van der Waals surface area contributed by atoms with Gasteiger partial charge in [-0.2, -0.15) is 13.2 Å². The second-order valence-electron chi connectivity index (χ2n) is 6.08. The van der Waals surface area contributed by atoms with E-state index in [0.717, 1.165) is 30.5 Å². The number of nitrogens with zero attached hydrogens (tertiary/aromatic N) is 1. The van der Waals surface area contributed by atoms with Crippen molar-refractivity contribution < 1.29 is 18.0 Å². The summed E-state index contributed by atoms with van der Waals surface area (Å²) in [5.41, 5.74) is 0.666. The molecule has 0 aromatic heterocycles. The molecule has 2 unspecified atom stereocenters. The molecule has 2 aromatic rings. The van der Waals surface area contributed by atoms with E-state index in [0.29, 0.717) is 12.1 Å². The third-order valence-electron chi connectivity index (χ3n) is 4.47. The maximum Gasteiger partial charge on any atom is 0.416 e. The maximum atomic E-state index is 12.8. The third-order valence-corrected chi connectivity index (χ3v) is 4.91. The molecule has 1 saturated heterocycles. The van der Waals surface area contributed by atoms with E-state index in [2.05, 4.69) is 0 Å². The van der Waals surface area contributed by atoms with E-state index in [9.17, 15) is 18.0 Å². The number of halogens is 4. The van der Waals surface area contributed by atoms with Crippen LogP contribution in [-0.4, -0.2) is 17.4 Å². The minimum atomic E-state index is -4.41. The van der Waals surface area contributed by atoms with E-state index < -0.39 is 17.1 Å². The van der Waals surface area contributed by atoms with Crippen molar-refractivity contribution in [1.29, 1.82) is 0 Å². The summed E-state index contributed by atoms with van der Waals surface area (Å²) >= 11 is 6.28. The van der Waals surface area contributed by atoms with E-state index in [4.69, 9.17) is 11.6 Å². The van der Waals surface area contributed by atoms with Crippen LogP contribution >= 0.6 is 11.6 Å². The van der Waals surface area contributed by atoms with E-state index in [-0.39, 0.29) is 11.9 Å². The Morgan fingerprint density at radius 2 is 1.72 bits per heavy atom. The first-order valence-electron chi connectivity index (χ1n) is 8.04. The summed E-state index contributed by atoms with van der Waals surface area (Å²) in [6, 6.07) is 14.1. The predicted molar refractivity (Wildman–Crippen MR) is 90.2 cm³/mol. The highest BCUT2D eigenvalue weighted by molar-refractivity contribution is 6.30. The Kier molecular flexibility index (Phi) is 5.04. The van der Waals surface area contributed by atoms with Crippen molar-refractivity contribution in [3.05, 3.63) is 71.3 Å². The standard InChI is InChI=1S/C19H17ClF3NO/c20-17(14-8-10-15(11-9-14)19(21,22)23)18(25)24-12-4-7-16(24)13-5-2-1-3-6-13/h1-3,5-6,8-11,16-17H,4,7,12H2. The first kappa shape index (κ1) is 17.8. The van der Waals surface area contributed by atoms with Gasteiger partial charge in [0.05, 0.1) is 11.6 Å². The van der Waals surface area contributed by atoms with E-state index >= 15 is 0 Å². The molecule has 0 N–H and O–H groups in total. The highest BCUT2D eigenvalue weighted by Crippen LogP contribution is 2.36. The van der Waals surface area contributed by atoms with Gasteiger partial charge in [0.2, 0.25) is 5.91 Å². The molecule has 0 saturated carbocycles. The maximum absolute atomic E-state index is 12.8. The smallest absolute Gasteiger partial charge is 0.334 e. The molecule has 6 heteroatoms. The van der Waals surface area contributed by atoms with E-state index in [1.54, 1.807) is 4.90 Å². The Balaban J connectivity index is 1.78. The van der Waals surface area contributed by atoms with Crippen molar-refractivity contribution in [2.45, 2.75) is 30.4 Å². The van der Waals surface area contributed by atoms with Gasteiger partial charge in [-0.25, -0.2) is 0 Å². The minimum absolute atomic E-state index is 0.0376. The average molecular weight is 368 g/mol. The SMILES string of the molecule is O=C(C(Cl)c1ccc(C(F)(F)F)cc1)N1CCCC1c1ccccc1. The van der Waals surface area contributed by atoms with Gasteiger partial charge in [0.1, 0.15) is 5.38 Å². The lowest BCUT2D eigenvalue weighted by Crippen LogP contribution is -2.33. The highest BCUT2D eigenvalue weighted by atomic mass is 35.5. The lowest BCUT2D eigenvalue weighted by Gasteiger charge is -2.27. The fraction of sp³-hybridized carbons (Fsp3) is 0.316. The molecule has 0 bridgehead atoms. The Bertz CT molecular complexity index is 731. The molecular formula is C19H17ClF3NO. The van der Waals surface area contributed by atoms with Crippen molar-refractivity contribution in [1.82, 2.24) is 4.90 Å². The van der Waals surface area contributed by atoms with Crippen LogP contribution in [0.25, 0.3) is 0 Å². The summed E-state index contributed by atoms with van der Waals surface area (Å²) in [7, 11) is 0. The fourth-order valence-electron chi connectivity index (χ4n) is 3.18. The lowest BCUT2D eigenvalue weighted by molar-refractivity contribution is -0.137. The zero-order chi connectivity index (χ0) is 18.0. The van der Waals surface area contributed by atoms with Crippen LogP contribution in [0.15, 0.2) is 54.6 Å². The van der Waals surface area contributed by atoms with Crippen LogP contribution in [0.3, 0.4) is 0 Å². The van der Waals surface area contributed by atoms with Gasteiger partial charge in [-0.05, 0) is 36.1 Å². The van der Waals surface area contributed by atoms with Crippen molar-refractivity contribution in [2.75, 3.05) is 6.54 Å². The van der Waals surface area contributed by atoms with Crippen molar-refractivity contribution in [3.8, 4) is 0 Å². The number of amides is 1. The van der Waals surface area contributed by atoms with E-state index in [1.807, 2.05) is 30.3 Å². The number of hydrogen-bond donors (Lipinski definition) is 0. The van der Waals surface area contributed by atoms with Crippen LogP contribution in [0, 0.1) is 0 Å². The Labute approximate surface area is 149 Å². The van der Waals surface area contributed by atoms with Gasteiger partial charge in [-0.15, -0.1) is 11.6 Å². The molecule has 0 radical (unpaired) electrons. The molecule has 25 heavy (non-hydrogen) atoms. The van der Waals surface area contributed by atoms with Crippen molar-refractivity contribution >= 4 is 17.5 Å². The van der Waals surface area contributed by atoms with Gasteiger partial charge in [-0.3, -0.25) is 4.79 Å². The van der Waals surface area contributed by atoms with Crippen LogP contribution in [0.2, 0.25) is 0 Å². The Hall–Kier alpha value is -2.01. The van der Waals surface area contributed by atoms with Gasteiger partial charge >= 0.3 is 6.18 Å². The summed E-state index contributed by atoms with van der Waals surface area (Å²) in [4.78, 5) is 14.5. The number of alkyl halides is 4. The average Bonchev–Trinajstić information content (AvgIpc) is 3.10. The van der Waals surface area contributed by atoms with Crippen LogP contribution in [0.5, 0.6) is 0 Å². The number of benzene rings is 2. The molecule has 0 spiro atoms. The largest absolute Gasteiger partial charge is 0.416 e. The molecule has 2 aromatic carbocycles. The number of carbonyl (C=O) groups excluding carboxylic acids is 1. The van der Waals surface area contributed by atoms with Crippen LogP contribution < -0.4 is 0 Å². The third kappa shape index (κ3) is 3.82. The quantitative estimate of drug-likeness (QED) is 0.670. The van der Waals surface area contributed by atoms with Crippen LogP contribution in [0.4, 0.5) is 13.2 Å². The molecule has 1 aliphatic heterocycles. The van der Waals surface area contributed by atoms with Crippen molar-refractivity contribution in [2.24, 2.45) is 0 Å². The van der Waals surface area contributed by atoms with Crippen LogP contribution in [0.1, 0.15) is 41.0 Å². The summed E-state index contributed by atoms with van der Waals surface area (Å²) in [5, 5.41) is -0.994. The molecule has 132 valence electrons. The van der Waals surface area contributed by atoms with Crippen LogP contribution in [-0.2, 0) is 11.0 Å². The van der Waals surface area contributed by atoms with Gasteiger partial charge in [0.25, 0.3) is 0 Å². The number of hydrogen-bond acceptors (Lipinski definition) is 1. The number of carbonyl (C=O) groups is 1. The molecule has 0 aliphatic carbocycles. The summed E-state index contributed by atoms with van der Waals surface area (Å²) in [5.74, 6) is -0.271. The highest BCUT2D eigenvalue weighted by Gasteiger charge is 2.34.